The van der Waals surface area contributed by atoms with E-state index in [1.165, 1.54) is 5.56 Å². The predicted molar refractivity (Wildman–Crippen MR) is 140 cm³/mol. The lowest BCUT2D eigenvalue weighted by Gasteiger charge is -2.30. The number of H-pyrrole nitrogens is 1. The van der Waals surface area contributed by atoms with Gasteiger partial charge in [0.1, 0.15) is 5.82 Å². The number of aromatic nitrogens is 4. The molecule has 1 aliphatic rings. The van der Waals surface area contributed by atoms with E-state index in [2.05, 4.69) is 48.3 Å². The summed E-state index contributed by atoms with van der Waals surface area (Å²) < 4.78 is 3.66. The highest BCUT2D eigenvalue weighted by Gasteiger charge is 2.26. The zero-order chi connectivity index (χ0) is 24.7. The van der Waals surface area contributed by atoms with Crippen LogP contribution in [0.5, 0.6) is 0 Å². The first-order valence-corrected chi connectivity index (χ1v) is 12.6. The molecule has 3 heterocycles. The minimum Gasteiger partial charge on any atom is -0.343 e. The van der Waals surface area contributed by atoms with Crippen LogP contribution in [0.4, 0.5) is 0 Å². The van der Waals surface area contributed by atoms with E-state index in [0.717, 1.165) is 65.3 Å². The van der Waals surface area contributed by atoms with Crippen molar-refractivity contribution in [3.63, 3.8) is 0 Å². The molecule has 0 aliphatic carbocycles. The van der Waals surface area contributed by atoms with Crippen LogP contribution in [0.25, 0.3) is 33.5 Å². The molecule has 0 spiro atoms. The van der Waals surface area contributed by atoms with Gasteiger partial charge in [-0.2, -0.15) is 0 Å². The van der Waals surface area contributed by atoms with E-state index >= 15 is 0 Å². The summed E-state index contributed by atoms with van der Waals surface area (Å²) in [4.78, 5) is 35.4. The molecular formula is C28H33N5O2. The number of hydrogen-bond acceptors (Lipinski definition) is 3. The van der Waals surface area contributed by atoms with Gasteiger partial charge in [-0.05, 0) is 51.8 Å². The average Bonchev–Trinajstić information content (AvgIpc) is 3.42. The molecule has 7 nitrogen and oxygen atoms in total. The van der Waals surface area contributed by atoms with E-state index in [0.29, 0.717) is 13.1 Å². The second kappa shape index (κ2) is 9.21. The number of aromatic amines is 1. The first-order valence-electron chi connectivity index (χ1n) is 12.6. The summed E-state index contributed by atoms with van der Waals surface area (Å²) >= 11 is 0. The maximum atomic E-state index is 12.9. The van der Waals surface area contributed by atoms with Gasteiger partial charge in [0.2, 0.25) is 5.91 Å². The van der Waals surface area contributed by atoms with Crippen molar-refractivity contribution in [3.05, 3.63) is 64.3 Å². The number of carbonyl (C=O) groups is 1. The molecule has 0 bridgehead atoms. The van der Waals surface area contributed by atoms with E-state index in [9.17, 15) is 9.59 Å². The monoisotopic (exact) mass is 471 g/mol. The number of fused-ring (bicyclic) bond motifs is 1. The summed E-state index contributed by atoms with van der Waals surface area (Å²) in [5.74, 6) is 1.39. The van der Waals surface area contributed by atoms with Gasteiger partial charge in [0.15, 0.2) is 0 Å². The smallest absolute Gasteiger partial charge is 0.329 e. The molecule has 5 rings (SSSR count). The summed E-state index contributed by atoms with van der Waals surface area (Å²) in [6.45, 7) is 10.5. The van der Waals surface area contributed by atoms with Gasteiger partial charge in [-0.1, -0.05) is 29.8 Å². The minimum absolute atomic E-state index is 0.0311. The van der Waals surface area contributed by atoms with Crippen LogP contribution >= 0.6 is 0 Å². The molecule has 1 aliphatic heterocycles. The first kappa shape index (κ1) is 23.1. The summed E-state index contributed by atoms with van der Waals surface area (Å²) in [5, 5.41) is 0. The van der Waals surface area contributed by atoms with Crippen LogP contribution in [0.3, 0.4) is 0 Å². The fourth-order valence-electron chi connectivity index (χ4n) is 5.35. The summed E-state index contributed by atoms with van der Waals surface area (Å²) in [6.07, 6.45) is 1.79. The maximum Gasteiger partial charge on any atom is 0.329 e. The zero-order valence-corrected chi connectivity index (χ0v) is 21.0. The van der Waals surface area contributed by atoms with Gasteiger partial charge < -0.3 is 9.88 Å². The highest BCUT2D eigenvalue weighted by molar-refractivity contribution is 5.86. The average molecular weight is 472 g/mol. The van der Waals surface area contributed by atoms with Gasteiger partial charge in [-0.3, -0.25) is 13.9 Å². The molecule has 2 aromatic carbocycles. The Labute approximate surface area is 205 Å². The van der Waals surface area contributed by atoms with Gasteiger partial charge >= 0.3 is 5.69 Å². The molecule has 7 heteroatoms. The van der Waals surface area contributed by atoms with Crippen LogP contribution in [0.2, 0.25) is 0 Å². The predicted octanol–water partition coefficient (Wildman–Crippen LogP) is 4.93. The normalized spacial score (nSPS) is 14.7. The number of benzene rings is 2. The van der Waals surface area contributed by atoms with E-state index in [1.54, 1.807) is 6.92 Å². The van der Waals surface area contributed by atoms with Crippen molar-refractivity contribution in [2.75, 3.05) is 13.1 Å². The highest BCUT2D eigenvalue weighted by atomic mass is 16.2. The number of piperidine rings is 1. The molecule has 0 radical (unpaired) electrons. The fraction of sp³-hybridized carbons (Fsp3) is 0.393. The Morgan fingerprint density at radius 3 is 2.37 bits per heavy atom. The van der Waals surface area contributed by atoms with Crippen molar-refractivity contribution in [1.82, 2.24) is 24.0 Å². The number of nitrogens with one attached hydrogen (secondary N) is 1. The lowest BCUT2D eigenvalue weighted by Crippen LogP contribution is -2.36. The van der Waals surface area contributed by atoms with Crippen LogP contribution < -0.4 is 5.69 Å². The zero-order valence-electron chi connectivity index (χ0n) is 21.0. The molecule has 1 fully saturated rings. The molecule has 4 aromatic rings. The number of carbonyl (C=O) groups excluding carboxylic acids is 1. The van der Waals surface area contributed by atoms with E-state index in [-0.39, 0.29) is 17.5 Å². The third-order valence-corrected chi connectivity index (χ3v) is 7.28. The van der Waals surface area contributed by atoms with Crippen molar-refractivity contribution < 1.29 is 4.79 Å². The van der Waals surface area contributed by atoms with Gasteiger partial charge in [-0.15, -0.1) is 0 Å². The van der Waals surface area contributed by atoms with E-state index < -0.39 is 0 Å². The Bertz CT molecular complexity index is 1450. The lowest BCUT2D eigenvalue weighted by molar-refractivity contribution is -0.129. The Morgan fingerprint density at radius 1 is 1.00 bits per heavy atom. The van der Waals surface area contributed by atoms with Crippen LogP contribution in [0, 0.1) is 6.92 Å². The van der Waals surface area contributed by atoms with Crippen LogP contribution in [0.15, 0.2) is 47.3 Å². The molecule has 0 saturated carbocycles. The summed E-state index contributed by atoms with van der Waals surface area (Å²) in [6, 6.07) is 14.7. The van der Waals surface area contributed by atoms with Gasteiger partial charge in [0.05, 0.1) is 22.4 Å². The second-order valence-electron chi connectivity index (χ2n) is 9.47. The van der Waals surface area contributed by atoms with Crippen molar-refractivity contribution >= 4 is 16.9 Å². The molecule has 0 atom stereocenters. The lowest BCUT2D eigenvalue weighted by atomic mass is 9.96. The second-order valence-corrected chi connectivity index (χ2v) is 9.47. The fourth-order valence-corrected chi connectivity index (χ4v) is 5.35. The molecule has 2 aromatic heterocycles. The van der Waals surface area contributed by atoms with Crippen molar-refractivity contribution in [2.45, 2.75) is 59.5 Å². The number of imidazole rings is 2. The molecule has 35 heavy (non-hydrogen) atoms. The largest absolute Gasteiger partial charge is 0.343 e. The molecule has 1 N–H and O–H groups in total. The maximum absolute atomic E-state index is 12.9. The number of hydrogen-bond donors (Lipinski definition) is 1. The Kier molecular flexibility index (Phi) is 6.09. The molecular weight excluding hydrogens is 438 g/mol. The van der Waals surface area contributed by atoms with Crippen LogP contribution in [0.1, 0.15) is 50.9 Å². The summed E-state index contributed by atoms with van der Waals surface area (Å²) in [5.41, 5.74) is 7.10. The quantitative estimate of drug-likeness (QED) is 0.448. The number of likely N-dealkylation sites (tertiary alicyclic amines) is 1. The third kappa shape index (κ3) is 4.09. The van der Waals surface area contributed by atoms with Gasteiger partial charge in [-0.25, -0.2) is 9.78 Å². The van der Waals surface area contributed by atoms with Gasteiger partial charge in [0.25, 0.3) is 0 Å². The first-order chi connectivity index (χ1) is 16.9. The van der Waals surface area contributed by atoms with Crippen LogP contribution in [-0.2, 0) is 17.9 Å². The van der Waals surface area contributed by atoms with E-state index in [4.69, 9.17) is 4.98 Å². The van der Waals surface area contributed by atoms with E-state index in [1.807, 2.05) is 33.9 Å². The molecule has 0 unspecified atom stereocenters. The van der Waals surface area contributed by atoms with Crippen molar-refractivity contribution in [2.24, 2.45) is 0 Å². The summed E-state index contributed by atoms with van der Waals surface area (Å²) in [7, 11) is 0. The standard InChI is InChI=1S/C28H33N5O2/c1-5-32-23-11-10-22(17-24(23)33(6-2)28(32)35)26-25(21-9-7-8-18(3)16-21)29-27(30-26)20-12-14-31(15-13-20)19(4)34/h7-11,16-17,20H,5-6,12-15H2,1-4H3,(H,29,30). The number of amides is 1. The Hall–Kier alpha value is -3.61. The minimum atomic E-state index is 0.0311. The Balaban J connectivity index is 1.63. The molecule has 182 valence electrons. The number of aryl methyl sites for hydroxylation is 3. The molecule has 1 saturated heterocycles. The van der Waals surface area contributed by atoms with Crippen LogP contribution in [-0.4, -0.2) is 43.0 Å². The Morgan fingerprint density at radius 2 is 1.71 bits per heavy atom. The SMILES string of the molecule is CCn1c(=O)n(CC)c2cc(-c3[nH]c(C4CCN(C(C)=O)CC4)nc3-c3cccc(C)c3)ccc21. The van der Waals surface area contributed by atoms with Gasteiger partial charge in [0, 0.05) is 50.1 Å². The van der Waals surface area contributed by atoms with Crippen molar-refractivity contribution in [1.29, 1.82) is 0 Å². The topological polar surface area (TPSA) is 75.9 Å². The number of nitrogens with zero attached hydrogens (tertiary/aromatic N) is 4. The highest BCUT2D eigenvalue weighted by Crippen LogP contribution is 2.36. The van der Waals surface area contributed by atoms with Crippen molar-refractivity contribution in [3.8, 4) is 22.5 Å². The molecule has 1 amide bonds. The number of rotatable bonds is 5. The third-order valence-electron chi connectivity index (χ3n) is 7.28.